The number of para-hydroxylation sites is 3. The van der Waals surface area contributed by atoms with Crippen LogP contribution in [0.2, 0.25) is 0 Å². The molecule has 0 radical (unpaired) electrons. The molecule has 0 amide bonds. The van der Waals surface area contributed by atoms with Gasteiger partial charge < -0.3 is 14.2 Å². The molecule has 224 valence electrons. The largest absolute Gasteiger partial charge is 0.458 e. The summed E-state index contributed by atoms with van der Waals surface area (Å²) in [5, 5.41) is 2.56. The van der Waals surface area contributed by atoms with Gasteiger partial charge in [0.1, 0.15) is 11.5 Å². The summed E-state index contributed by atoms with van der Waals surface area (Å²) in [6.07, 6.45) is 8.14. The summed E-state index contributed by atoms with van der Waals surface area (Å²) in [5.74, 6) is 3.57. The first-order chi connectivity index (χ1) is 22.6. The van der Waals surface area contributed by atoms with Crippen molar-refractivity contribution in [2.24, 2.45) is 11.8 Å². The number of ether oxygens (including phenoxy) is 1. The van der Waals surface area contributed by atoms with E-state index >= 15 is 0 Å². The maximum Gasteiger partial charge on any atom is 0.256 e. The zero-order valence-corrected chi connectivity index (χ0v) is 26.6. The van der Waals surface area contributed by atoms with Crippen LogP contribution in [0.3, 0.4) is 0 Å². The normalized spacial score (nSPS) is 26.7. The Bertz CT molecular complexity index is 2230. The first-order valence-corrected chi connectivity index (χ1v) is 17.4. The third-order valence-electron chi connectivity index (χ3n) is 13.4. The number of anilines is 2. The quantitative estimate of drug-likeness (QED) is 0.177. The summed E-state index contributed by atoms with van der Waals surface area (Å²) in [4.78, 5) is 2.80. The van der Waals surface area contributed by atoms with Crippen molar-refractivity contribution in [3.05, 3.63) is 109 Å². The third kappa shape index (κ3) is 2.90. The van der Waals surface area contributed by atoms with Crippen molar-refractivity contribution < 1.29 is 4.74 Å². The van der Waals surface area contributed by atoms with Crippen LogP contribution in [0, 0.1) is 11.8 Å². The molecule has 4 atom stereocenters. The molecule has 5 aromatic carbocycles. The summed E-state index contributed by atoms with van der Waals surface area (Å²) in [6.45, 7) is 5.39. The molecule has 6 aromatic rings. The molecule has 4 heterocycles. The lowest BCUT2D eigenvalue weighted by atomic mass is 9.34. The number of hydrogen-bond donors (Lipinski definition) is 0. The molecule has 2 saturated carbocycles. The number of fused-ring (bicyclic) bond motifs is 12. The molecule has 1 aromatic heterocycles. The van der Waals surface area contributed by atoms with Gasteiger partial charge in [-0.25, -0.2) is 0 Å². The van der Waals surface area contributed by atoms with Gasteiger partial charge in [-0.15, -0.1) is 0 Å². The molecule has 2 fully saturated rings. The molecule has 0 spiro atoms. The first-order valence-electron chi connectivity index (χ1n) is 17.4. The van der Waals surface area contributed by atoms with Gasteiger partial charge in [-0.3, -0.25) is 0 Å². The van der Waals surface area contributed by atoms with Gasteiger partial charge in [0, 0.05) is 39.3 Å². The summed E-state index contributed by atoms with van der Waals surface area (Å²) >= 11 is 0. The van der Waals surface area contributed by atoms with E-state index in [2.05, 4.69) is 126 Å². The van der Waals surface area contributed by atoms with Crippen molar-refractivity contribution in [1.82, 2.24) is 4.57 Å². The van der Waals surface area contributed by atoms with E-state index in [1.807, 2.05) is 0 Å². The molecule has 3 nitrogen and oxygen atoms in total. The van der Waals surface area contributed by atoms with Crippen molar-refractivity contribution in [2.45, 2.75) is 63.3 Å². The van der Waals surface area contributed by atoms with E-state index in [0.717, 1.165) is 29.0 Å². The van der Waals surface area contributed by atoms with Crippen LogP contribution in [0.1, 0.15) is 57.9 Å². The molecule has 4 heteroatoms. The second kappa shape index (κ2) is 8.67. The highest BCUT2D eigenvalue weighted by Crippen LogP contribution is 2.66. The fraction of sp³-hybridized carbons (Fsp3) is 0.286. The molecule has 0 saturated heterocycles. The predicted molar refractivity (Wildman–Crippen MR) is 191 cm³/mol. The second-order valence-corrected chi connectivity index (χ2v) is 15.1. The topological polar surface area (TPSA) is 17.4 Å². The molecule has 46 heavy (non-hydrogen) atoms. The Hall–Kier alpha value is -4.44. The minimum Gasteiger partial charge on any atom is -0.458 e. The summed E-state index contributed by atoms with van der Waals surface area (Å²) in [5.41, 5.74) is 12.3. The monoisotopic (exact) mass is 596 g/mol. The lowest BCUT2D eigenvalue weighted by Crippen LogP contribution is -2.65. The average molecular weight is 597 g/mol. The van der Waals surface area contributed by atoms with Crippen molar-refractivity contribution in [2.75, 3.05) is 4.90 Å². The van der Waals surface area contributed by atoms with Crippen molar-refractivity contribution in [1.29, 1.82) is 0 Å². The van der Waals surface area contributed by atoms with E-state index in [9.17, 15) is 0 Å². The second-order valence-electron chi connectivity index (χ2n) is 15.1. The van der Waals surface area contributed by atoms with Crippen LogP contribution < -0.4 is 26.0 Å². The van der Waals surface area contributed by atoms with Gasteiger partial charge in [-0.2, -0.15) is 0 Å². The SMILES string of the molecule is CC12c3cccc4c3N(c3cccc5c3B4c3ccc(-n4c6ccccc6c6ccccc64)cc3O5)C1(C)CCC1CCCCC12. The number of rotatable bonds is 1. The van der Waals surface area contributed by atoms with E-state index in [1.165, 1.54) is 88.1 Å². The summed E-state index contributed by atoms with van der Waals surface area (Å²) in [6, 6.07) is 38.6. The van der Waals surface area contributed by atoms with Gasteiger partial charge in [0.15, 0.2) is 0 Å². The van der Waals surface area contributed by atoms with Gasteiger partial charge in [0.2, 0.25) is 0 Å². The van der Waals surface area contributed by atoms with Crippen LogP contribution in [0.4, 0.5) is 11.4 Å². The maximum atomic E-state index is 6.95. The lowest BCUT2D eigenvalue weighted by Gasteiger charge is -2.58. The van der Waals surface area contributed by atoms with Gasteiger partial charge in [-0.05, 0) is 90.3 Å². The summed E-state index contributed by atoms with van der Waals surface area (Å²) in [7, 11) is 0. The zero-order valence-electron chi connectivity index (χ0n) is 26.6. The number of benzene rings is 5. The molecule has 0 bridgehead atoms. The van der Waals surface area contributed by atoms with Crippen LogP contribution in [0.25, 0.3) is 27.5 Å². The lowest BCUT2D eigenvalue weighted by molar-refractivity contribution is 0.0321. The van der Waals surface area contributed by atoms with Gasteiger partial charge in [0.05, 0.1) is 16.6 Å². The summed E-state index contributed by atoms with van der Waals surface area (Å²) < 4.78 is 9.35. The number of aromatic nitrogens is 1. The van der Waals surface area contributed by atoms with E-state index in [4.69, 9.17) is 4.74 Å². The van der Waals surface area contributed by atoms with Crippen molar-refractivity contribution in [3.8, 4) is 17.2 Å². The van der Waals surface area contributed by atoms with E-state index in [1.54, 1.807) is 5.56 Å². The van der Waals surface area contributed by atoms with E-state index < -0.39 is 0 Å². The van der Waals surface area contributed by atoms with Crippen LogP contribution in [0.15, 0.2) is 103 Å². The minimum absolute atomic E-state index is 0.0463. The van der Waals surface area contributed by atoms with E-state index in [0.29, 0.717) is 0 Å². The van der Waals surface area contributed by atoms with Crippen LogP contribution in [-0.2, 0) is 5.41 Å². The van der Waals surface area contributed by atoms with Crippen molar-refractivity contribution >= 4 is 56.3 Å². The van der Waals surface area contributed by atoms with Crippen LogP contribution in [0.5, 0.6) is 11.5 Å². The molecule has 2 aliphatic carbocycles. The number of hydrogen-bond acceptors (Lipinski definition) is 2. The standard InChI is InChI=1S/C42H37BN2O/c1-41-24-23-26-11-3-6-14-30(26)42(41,2)31-15-9-16-33-40(31)45(41)36-19-10-20-37-39(36)43(33)32-22-21-27(25-38(32)46-37)44-34-17-7-4-12-28(34)29-13-5-8-18-35(29)44/h4-5,7-10,12-13,15-22,25-26,30H,3,6,11,14,23-24H2,1-2H3. The Labute approximate surface area is 270 Å². The molecule has 5 aliphatic rings. The number of nitrogens with zero attached hydrogens (tertiary/aromatic N) is 2. The molecule has 11 rings (SSSR count). The van der Waals surface area contributed by atoms with Crippen molar-refractivity contribution in [3.63, 3.8) is 0 Å². The molecular formula is C42H37BN2O. The Morgan fingerprint density at radius 1 is 0.717 bits per heavy atom. The highest BCUT2D eigenvalue weighted by molar-refractivity contribution is 6.99. The smallest absolute Gasteiger partial charge is 0.256 e. The predicted octanol–water partition coefficient (Wildman–Crippen LogP) is 8.49. The Morgan fingerprint density at radius 2 is 1.48 bits per heavy atom. The van der Waals surface area contributed by atoms with Crippen LogP contribution in [-0.4, -0.2) is 16.8 Å². The van der Waals surface area contributed by atoms with E-state index in [-0.39, 0.29) is 17.7 Å². The average Bonchev–Trinajstić information content (AvgIpc) is 3.54. The zero-order chi connectivity index (χ0) is 30.4. The maximum absolute atomic E-state index is 6.95. The highest BCUT2D eigenvalue weighted by Gasteiger charge is 2.65. The van der Waals surface area contributed by atoms with Gasteiger partial charge in [0.25, 0.3) is 6.71 Å². The fourth-order valence-electron chi connectivity index (χ4n) is 11.3. The van der Waals surface area contributed by atoms with Gasteiger partial charge in [-0.1, -0.05) is 92.9 Å². The molecular weight excluding hydrogens is 559 g/mol. The third-order valence-corrected chi connectivity index (χ3v) is 13.4. The highest BCUT2D eigenvalue weighted by atomic mass is 16.5. The Morgan fingerprint density at radius 3 is 2.30 bits per heavy atom. The Kier molecular flexibility index (Phi) is 4.85. The molecule has 4 unspecified atom stereocenters. The Balaban J connectivity index is 1.14. The molecule has 0 N–H and O–H groups in total. The minimum atomic E-state index is 0.0463. The molecule has 3 aliphatic heterocycles. The van der Waals surface area contributed by atoms with Crippen LogP contribution >= 0.6 is 0 Å². The van der Waals surface area contributed by atoms with Gasteiger partial charge >= 0.3 is 0 Å². The first kappa shape index (κ1) is 25.7. The fourth-order valence-corrected chi connectivity index (χ4v) is 11.3.